The molecule has 0 fully saturated rings. The number of allylic oxidation sites excluding steroid dienone is 1. The summed E-state index contributed by atoms with van der Waals surface area (Å²) in [6.45, 7) is 2.16. The third-order valence-electron chi connectivity index (χ3n) is 4.67. The quantitative estimate of drug-likeness (QED) is 0.517. The summed E-state index contributed by atoms with van der Waals surface area (Å²) in [5.41, 5.74) is 5.70. The lowest BCUT2D eigenvalue weighted by Crippen LogP contribution is -2.12. The number of hydrogen-bond acceptors (Lipinski definition) is 2. The summed E-state index contributed by atoms with van der Waals surface area (Å²) >= 11 is 0. The van der Waals surface area contributed by atoms with Crippen molar-refractivity contribution in [3.05, 3.63) is 119 Å². The Labute approximate surface area is 160 Å². The fourth-order valence-electron chi connectivity index (χ4n) is 3.30. The number of benzene rings is 3. The maximum absolute atomic E-state index is 5.05. The zero-order valence-corrected chi connectivity index (χ0v) is 15.4. The molecule has 27 heavy (non-hydrogen) atoms. The normalized spacial score (nSPS) is 19.1. The Morgan fingerprint density at radius 1 is 0.704 bits per heavy atom. The van der Waals surface area contributed by atoms with Gasteiger partial charge in [0.05, 0.1) is 11.8 Å². The molecule has 132 valence electrons. The van der Waals surface area contributed by atoms with Gasteiger partial charge in [0.25, 0.3) is 0 Å². The van der Waals surface area contributed by atoms with E-state index in [2.05, 4.69) is 73.7 Å². The van der Waals surface area contributed by atoms with Gasteiger partial charge in [-0.05, 0) is 18.1 Å². The van der Waals surface area contributed by atoms with Gasteiger partial charge in [-0.25, -0.2) is 4.99 Å². The average molecular weight is 350 g/mol. The fourth-order valence-corrected chi connectivity index (χ4v) is 3.30. The van der Waals surface area contributed by atoms with Crippen molar-refractivity contribution >= 4 is 11.5 Å². The van der Waals surface area contributed by atoms with E-state index in [-0.39, 0.29) is 6.04 Å². The first-order valence-electron chi connectivity index (χ1n) is 9.28. The summed E-state index contributed by atoms with van der Waals surface area (Å²) in [7, 11) is 0. The van der Waals surface area contributed by atoms with Crippen LogP contribution in [-0.2, 0) is 0 Å². The van der Waals surface area contributed by atoms with Crippen molar-refractivity contribution in [2.75, 3.05) is 0 Å². The third kappa shape index (κ3) is 4.12. The summed E-state index contributed by atoms with van der Waals surface area (Å²) in [6.07, 6.45) is 3.08. The van der Waals surface area contributed by atoms with Gasteiger partial charge < -0.3 is 0 Å². The second-order valence-corrected chi connectivity index (χ2v) is 6.79. The molecule has 0 N–H and O–H groups in total. The standard InChI is InChI=1S/C25H22N2/c1-19-17-23(20-11-5-2-6-12-20)26-25(22-15-9-4-10-16-22)27-24(18-19)21-13-7-3-8-14-21/h2-17,23H,18H2,1H3/b19-17+,26-25?,27-24?. The van der Waals surface area contributed by atoms with Gasteiger partial charge in [-0.3, -0.25) is 4.99 Å². The highest BCUT2D eigenvalue weighted by Gasteiger charge is 2.16. The topological polar surface area (TPSA) is 24.7 Å². The van der Waals surface area contributed by atoms with Crippen LogP contribution in [0.15, 0.2) is 113 Å². The lowest BCUT2D eigenvalue weighted by atomic mass is 9.98. The maximum Gasteiger partial charge on any atom is 0.155 e. The molecule has 0 saturated heterocycles. The van der Waals surface area contributed by atoms with Gasteiger partial charge in [0, 0.05) is 12.0 Å². The first-order chi connectivity index (χ1) is 13.3. The minimum atomic E-state index is -0.0255. The Hall–Kier alpha value is -3.26. The zero-order valence-electron chi connectivity index (χ0n) is 15.4. The van der Waals surface area contributed by atoms with Crippen molar-refractivity contribution in [2.45, 2.75) is 19.4 Å². The van der Waals surface area contributed by atoms with Crippen LogP contribution in [0.3, 0.4) is 0 Å². The van der Waals surface area contributed by atoms with E-state index in [4.69, 9.17) is 9.98 Å². The van der Waals surface area contributed by atoms with E-state index in [1.165, 1.54) is 11.1 Å². The fraction of sp³-hybridized carbons (Fsp3) is 0.120. The molecular formula is C25H22N2. The maximum atomic E-state index is 5.05. The minimum absolute atomic E-state index is 0.0255. The van der Waals surface area contributed by atoms with E-state index >= 15 is 0 Å². The molecule has 0 spiro atoms. The Balaban J connectivity index is 1.86. The Kier molecular flexibility index (Phi) is 5.06. The number of hydrogen-bond donors (Lipinski definition) is 0. The molecule has 3 aromatic carbocycles. The van der Waals surface area contributed by atoms with Gasteiger partial charge in [-0.2, -0.15) is 0 Å². The molecule has 1 unspecified atom stereocenters. The van der Waals surface area contributed by atoms with E-state index in [1.54, 1.807) is 0 Å². The Bertz CT molecular complexity index is 984. The highest BCUT2D eigenvalue weighted by Crippen LogP contribution is 2.26. The smallest absolute Gasteiger partial charge is 0.155 e. The molecule has 0 radical (unpaired) electrons. The van der Waals surface area contributed by atoms with Gasteiger partial charge in [-0.1, -0.05) is 103 Å². The van der Waals surface area contributed by atoms with E-state index in [1.807, 2.05) is 30.3 Å². The molecule has 1 heterocycles. The molecule has 0 aliphatic carbocycles. The Morgan fingerprint density at radius 3 is 1.89 bits per heavy atom. The first kappa shape index (κ1) is 17.2. The monoisotopic (exact) mass is 350 g/mol. The lowest BCUT2D eigenvalue weighted by Gasteiger charge is -2.17. The first-order valence-corrected chi connectivity index (χ1v) is 9.28. The molecule has 4 rings (SSSR count). The molecule has 1 aliphatic rings. The molecule has 0 saturated carbocycles. The predicted octanol–water partition coefficient (Wildman–Crippen LogP) is 6.01. The molecule has 0 bridgehead atoms. The van der Waals surface area contributed by atoms with Crippen LogP contribution in [0.25, 0.3) is 0 Å². The van der Waals surface area contributed by atoms with Crippen LogP contribution in [0.1, 0.15) is 36.1 Å². The lowest BCUT2D eigenvalue weighted by molar-refractivity contribution is 0.889. The molecule has 0 amide bonds. The van der Waals surface area contributed by atoms with Crippen LogP contribution in [0.5, 0.6) is 0 Å². The predicted molar refractivity (Wildman–Crippen MR) is 114 cm³/mol. The molecule has 2 heteroatoms. The van der Waals surface area contributed by atoms with Gasteiger partial charge >= 0.3 is 0 Å². The molecule has 1 aliphatic heterocycles. The summed E-state index contributed by atoms with van der Waals surface area (Å²) in [4.78, 5) is 10.1. The van der Waals surface area contributed by atoms with Gasteiger partial charge in [0.2, 0.25) is 0 Å². The van der Waals surface area contributed by atoms with Crippen molar-refractivity contribution in [1.82, 2.24) is 0 Å². The summed E-state index contributed by atoms with van der Waals surface area (Å²) in [5.74, 6) is 0.784. The number of nitrogens with zero attached hydrogens (tertiary/aromatic N) is 2. The third-order valence-corrected chi connectivity index (χ3v) is 4.67. The summed E-state index contributed by atoms with van der Waals surface area (Å²) in [5, 5.41) is 0. The van der Waals surface area contributed by atoms with E-state index in [9.17, 15) is 0 Å². The van der Waals surface area contributed by atoms with E-state index < -0.39 is 0 Å². The minimum Gasteiger partial charge on any atom is -0.254 e. The van der Waals surface area contributed by atoms with Crippen LogP contribution in [0, 0.1) is 0 Å². The summed E-state index contributed by atoms with van der Waals surface area (Å²) in [6, 6.07) is 31.0. The zero-order chi connectivity index (χ0) is 18.5. The molecule has 3 aromatic rings. The number of amidine groups is 1. The van der Waals surface area contributed by atoms with E-state index in [0.717, 1.165) is 29.1 Å². The van der Waals surface area contributed by atoms with Gasteiger partial charge in [0.1, 0.15) is 0 Å². The van der Waals surface area contributed by atoms with Crippen molar-refractivity contribution < 1.29 is 0 Å². The summed E-state index contributed by atoms with van der Waals surface area (Å²) < 4.78 is 0. The number of rotatable bonds is 3. The van der Waals surface area contributed by atoms with Crippen molar-refractivity contribution in [3.8, 4) is 0 Å². The molecule has 1 atom stereocenters. The highest BCUT2D eigenvalue weighted by atomic mass is 14.9. The average Bonchev–Trinajstić information content (AvgIpc) is 2.72. The van der Waals surface area contributed by atoms with Crippen LogP contribution in [0.4, 0.5) is 0 Å². The number of aliphatic imine (C=N–C) groups is 2. The van der Waals surface area contributed by atoms with Crippen LogP contribution in [-0.4, -0.2) is 11.5 Å². The van der Waals surface area contributed by atoms with E-state index in [0.29, 0.717) is 0 Å². The van der Waals surface area contributed by atoms with Crippen LogP contribution in [0.2, 0.25) is 0 Å². The molecule has 0 aromatic heterocycles. The van der Waals surface area contributed by atoms with Crippen molar-refractivity contribution in [1.29, 1.82) is 0 Å². The van der Waals surface area contributed by atoms with Crippen LogP contribution < -0.4 is 0 Å². The van der Waals surface area contributed by atoms with Gasteiger partial charge in [-0.15, -0.1) is 0 Å². The highest BCUT2D eigenvalue weighted by molar-refractivity contribution is 6.13. The SMILES string of the molecule is C/C1=C\C(c2ccccc2)N=C(c2ccccc2)N=C(c2ccccc2)C1. The van der Waals surface area contributed by atoms with Crippen molar-refractivity contribution in [2.24, 2.45) is 9.98 Å². The second-order valence-electron chi connectivity index (χ2n) is 6.79. The Morgan fingerprint density at radius 2 is 1.26 bits per heavy atom. The molecule has 2 nitrogen and oxygen atoms in total. The van der Waals surface area contributed by atoms with Crippen LogP contribution >= 0.6 is 0 Å². The van der Waals surface area contributed by atoms with Gasteiger partial charge in [0.15, 0.2) is 5.84 Å². The van der Waals surface area contributed by atoms with Crippen molar-refractivity contribution in [3.63, 3.8) is 0 Å². The second kappa shape index (κ2) is 7.96. The molecular weight excluding hydrogens is 328 g/mol. The largest absolute Gasteiger partial charge is 0.254 e.